The Morgan fingerprint density at radius 3 is 1.20 bits per heavy atom. The first kappa shape index (κ1) is 35.7. The van der Waals surface area contributed by atoms with Crippen LogP contribution < -0.4 is 0 Å². The summed E-state index contributed by atoms with van der Waals surface area (Å²) in [6.45, 7) is 17.8. The number of fused-ring (bicyclic) bond motifs is 2. The van der Waals surface area contributed by atoms with Crippen LogP contribution in [0, 0.1) is 0 Å². The number of aryl methyl sites for hydroxylation is 2. The van der Waals surface area contributed by atoms with Crippen LogP contribution in [0.1, 0.15) is 75.6 Å². The van der Waals surface area contributed by atoms with Gasteiger partial charge < -0.3 is 0 Å². The summed E-state index contributed by atoms with van der Waals surface area (Å²) in [4.78, 5) is 0. The second-order valence-electron chi connectivity index (χ2n) is 12.0. The van der Waals surface area contributed by atoms with Crippen LogP contribution in [0.2, 0.25) is 13.1 Å². The van der Waals surface area contributed by atoms with E-state index in [1.54, 1.807) is 0 Å². The fraction of sp³-hybridized carbons (Fsp3) is 0.286. The first-order chi connectivity index (χ1) is 20.8. The van der Waals surface area contributed by atoms with Crippen molar-refractivity contribution in [3.63, 3.8) is 0 Å². The van der Waals surface area contributed by atoms with E-state index in [2.05, 4.69) is 164 Å². The van der Waals surface area contributed by atoms with Crippen molar-refractivity contribution in [1.29, 1.82) is 0 Å². The van der Waals surface area contributed by atoms with Crippen LogP contribution in [0.3, 0.4) is 0 Å². The molecule has 0 unspecified atom stereocenters. The van der Waals surface area contributed by atoms with Gasteiger partial charge in [-0.3, -0.25) is 0 Å². The smallest absolute Gasteiger partial charge is 0.0307 e. The Kier molecular flexibility index (Phi) is 13.8. The molecule has 0 aliphatic rings. The van der Waals surface area contributed by atoms with Gasteiger partial charge in [0.1, 0.15) is 0 Å². The molecule has 0 nitrogen and oxygen atoms in total. The fourth-order valence-corrected chi connectivity index (χ4v) is 5.83. The van der Waals surface area contributed by atoms with Crippen LogP contribution in [0.25, 0.3) is 43.8 Å². The fourth-order valence-electron chi connectivity index (χ4n) is 5.83. The molecule has 0 aromatic heterocycles. The Morgan fingerprint density at radius 1 is 0.523 bits per heavy atom. The van der Waals surface area contributed by atoms with Gasteiger partial charge in [-0.2, -0.15) is 12.1 Å². The number of hydrogen-bond acceptors (Lipinski definition) is 0. The second-order valence-corrected chi connectivity index (χ2v) is 13.0. The van der Waals surface area contributed by atoms with Crippen molar-refractivity contribution in [2.75, 3.05) is 0 Å². The maximum absolute atomic E-state index is 2.36. The third kappa shape index (κ3) is 8.26. The molecule has 0 aliphatic carbocycles. The van der Waals surface area contributed by atoms with Crippen molar-refractivity contribution in [2.45, 2.75) is 79.3 Å². The SMILES string of the molecule is CCc1ccccc1-c1cccc2[cH-]c(C(C)C)cc12.CCc1ccccc1-c1cccc2[cH-]c(C(C)C)cc12.C[Si]C.[Hf]. The normalized spacial score (nSPS) is 10.8. The van der Waals surface area contributed by atoms with E-state index >= 15 is 0 Å². The van der Waals surface area contributed by atoms with E-state index in [0.29, 0.717) is 11.8 Å². The zero-order chi connectivity index (χ0) is 30.9. The van der Waals surface area contributed by atoms with Gasteiger partial charge in [-0.15, -0.1) is 69.1 Å². The quantitative estimate of drug-likeness (QED) is 0.117. The summed E-state index contributed by atoms with van der Waals surface area (Å²) in [7, 11) is 1.08. The van der Waals surface area contributed by atoms with Crippen molar-refractivity contribution in [2.24, 2.45) is 0 Å². The summed E-state index contributed by atoms with van der Waals surface area (Å²) < 4.78 is 0. The molecule has 6 aromatic carbocycles. The molecule has 0 N–H and O–H groups in total. The standard InChI is InChI=1S/2C20H21.C2H6Si.Hf/c2*1-4-15-8-5-6-10-18(15)19-11-7-9-16-12-17(14(2)3)13-20(16)19;1-3-2;/h2*5-14H,4H2,1-3H3;1-2H3;/q2*-1;;. The maximum Gasteiger partial charge on any atom is 0.0307 e. The predicted molar refractivity (Wildman–Crippen MR) is 194 cm³/mol. The van der Waals surface area contributed by atoms with Gasteiger partial charge in [-0.1, -0.05) is 126 Å². The zero-order valence-electron chi connectivity index (χ0n) is 28.0. The molecule has 2 heteroatoms. The molecule has 0 heterocycles. The molecule has 0 amide bonds. The van der Waals surface area contributed by atoms with E-state index in [1.807, 2.05) is 0 Å². The van der Waals surface area contributed by atoms with Crippen LogP contribution in [0.4, 0.5) is 0 Å². The number of rotatable bonds is 6. The number of hydrogen-bond donors (Lipinski definition) is 0. The average Bonchev–Trinajstić information content (AvgIpc) is 3.67. The molecule has 2 radical (unpaired) electrons. The molecule has 6 aromatic rings. The molecule has 226 valence electrons. The van der Waals surface area contributed by atoms with E-state index in [4.69, 9.17) is 0 Å². The van der Waals surface area contributed by atoms with Crippen molar-refractivity contribution in [3.05, 3.63) is 131 Å². The zero-order valence-corrected chi connectivity index (χ0v) is 32.6. The molecule has 0 saturated heterocycles. The summed E-state index contributed by atoms with van der Waals surface area (Å²) in [5.41, 5.74) is 11.2. The van der Waals surface area contributed by atoms with Gasteiger partial charge in [-0.25, -0.2) is 0 Å². The number of benzene rings is 4. The molecule has 44 heavy (non-hydrogen) atoms. The van der Waals surface area contributed by atoms with Gasteiger partial charge in [0.15, 0.2) is 0 Å². The summed E-state index contributed by atoms with van der Waals surface area (Å²) in [5, 5.41) is 5.49. The van der Waals surface area contributed by atoms with Gasteiger partial charge in [0.2, 0.25) is 0 Å². The first-order valence-corrected chi connectivity index (χ1v) is 18.0. The molecule has 0 spiro atoms. The molecule has 0 saturated carbocycles. The van der Waals surface area contributed by atoms with Crippen LogP contribution in [0.15, 0.2) is 109 Å². The summed E-state index contributed by atoms with van der Waals surface area (Å²) >= 11 is 0. The van der Waals surface area contributed by atoms with Crippen molar-refractivity contribution < 1.29 is 25.8 Å². The van der Waals surface area contributed by atoms with Crippen LogP contribution >= 0.6 is 0 Å². The van der Waals surface area contributed by atoms with Crippen LogP contribution in [-0.2, 0) is 38.7 Å². The molecule has 6 rings (SSSR count). The minimum atomic E-state index is 0. The van der Waals surface area contributed by atoms with Crippen molar-refractivity contribution in [1.82, 2.24) is 0 Å². The van der Waals surface area contributed by atoms with E-state index < -0.39 is 0 Å². The second kappa shape index (κ2) is 17.0. The van der Waals surface area contributed by atoms with Gasteiger partial charge >= 0.3 is 0 Å². The molecule has 0 aliphatic heterocycles. The topological polar surface area (TPSA) is 0 Å². The van der Waals surface area contributed by atoms with Crippen molar-refractivity contribution >= 4 is 31.1 Å². The minimum Gasteiger partial charge on any atom is -0.164 e. The Morgan fingerprint density at radius 2 is 0.864 bits per heavy atom. The maximum atomic E-state index is 2.36. The third-order valence-electron chi connectivity index (χ3n) is 8.26. The Balaban J connectivity index is 0.000000216. The molecular weight excluding hydrogens is 711 g/mol. The predicted octanol–water partition coefficient (Wildman–Crippen LogP) is 12.6. The van der Waals surface area contributed by atoms with E-state index in [1.165, 1.54) is 66.1 Å². The summed E-state index contributed by atoms with van der Waals surface area (Å²) in [5.74, 6) is 1.16. The minimum absolute atomic E-state index is 0. The van der Waals surface area contributed by atoms with Crippen LogP contribution in [0.5, 0.6) is 0 Å². The Bertz CT molecular complexity index is 1620. The molecule has 0 fully saturated rings. The van der Waals surface area contributed by atoms with Gasteiger partial charge in [0.25, 0.3) is 0 Å². The molecule has 0 bridgehead atoms. The monoisotopic (exact) mass is 760 g/mol. The first-order valence-electron chi connectivity index (χ1n) is 16.0. The van der Waals surface area contributed by atoms with E-state index in [-0.39, 0.29) is 25.8 Å². The van der Waals surface area contributed by atoms with Gasteiger partial charge in [0.05, 0.1) is 0 Å². The van der Waals surface area contributed by atoms with Crippen molar-refractivity contribution in [3.8, 4) is 22.3 Å². The van der Waals surface area contributed by atoms with Gasteiger partial charge in [-0.05, 0) is 46.9 Å². The van der Waals surface area contributed by atoms with Gasteiger partial charge in [0, 0.05) is 35.4 Å². The van der Waals surface area contributed by atoms with E-state index in [0.717, 1.165) is 22.4 Å². The summed E-state index contributed by atoms with van der Waals surface area (Å²) in [6.07, 6.45) is 2.15. The van der Waals surface area contributed by atoms with Crippen LogP contribution in [-0.4, -0.2) is 9.52 Å². The largest absolute Gasteiger partial charge is 0.164 e. The summed E-state index contributed by atoms with van der Waals surface area (Å²) in [6, 6.07) is 40.2. The Hall–Kier alpha value is -2.81. The van der Waals surface area contributed by atoms with E-state index in [9.17, 15) is 0 Å². The molecular formula is C42H48HfSi-2. The average molecular weight is 759 g/mol. The Labute approximate surface area is 288 Å². The molecule has 0 atom stereocenters. The third-order valence-corrected chi connectivity index (χ3v) is 8.26.